The quantitative estimate of drug-likeness (QED) is 0.876. The average molecular weight is 339 g/mol. The molecule has 1 fully saturated rings. The summed E-state index contributed by atoms with van der Waals surface area (Å²) in [5, 5.41) is 9.25. The first-order chi connectivity index (χ1) is 12.3. The van der Waals surface area contributed by atoms with Crippen molar-refractivity contribution in [2.24, 2.45) is 0 Å². The van der Waals surface area contributed by atoms with Crippen LogP contribution in [0, 0.1) is 0 Å². The molecular weight excluding hydrogens is 314 g/mol. The van der Waals surface area contributed by atoms with Crippen LogP contribution in [0.25, 0.3) is 6.08 Å². The summed E-state index contributed by atoms with van der Waals surface area (Å²) in [4.78, 5) is 9.14. The molecule has 2 aromatic rings. The third-order valence-electron chi connectivity index (χ3n) is 4.48. The molecule has 0 atom stereocenters. The minimum Gasteiger partial charge on any atom is -0.497 e. The van der Waals surface area contributed by atoms with Crippen LogP contribution in [-0.2, 0) is 6.61 Å². The maximum atomic E-state index is 9.25. The molecule has 25 heavy (non-hydrogen) atoms. The van der Waals surface area contributed by atoms with Crippen molar-refractivity contribution >= 4 is 11.9 Å². The van der Waals surface area contributed by atoms with Gasteiger partial charge in [-0.1, -0.05) is 24.3 Å². The van der Waals surface area contributed by atoms with Crippen LogP contribution in [-0.4, -0.2) is 54.8 Å². The molecule has 3 rings (SSSR count). The highest BCUT2D eigenvalue weighted by Gasteiger charge is 2.17. The number of hydrogen-bond donors (Lipinski definition) is 1. The maximum Gasteiger partial charge on any atom is 0.128 e. The number of hydrogen-bond acceptors (Lipinski definition) is 5. The lowest BCUT2D eigenvalue weighted by atomic mass is 10.2. The van der Waals surface area contributed by atoms with Crippen molar-refractivity contribution in [3.63, 3.8) is 0 Å². The van der Waals surface area contributed by atoms with Gasteiger partial charge in [0, 0.05) is 38.9 Å². The van der Waals surface area contributed by atoms with E-state index in [9.17, 15) is 5.11 Å². The van der Waals surface area contributed by atoms with E-state index in [1.54, 1.807) is 13.3 Å². The van der Waals surface area contributed by atoms with Crippen LogP contribution in [0.3, 0.4) is 0 Å². The van der Waals surface area contributed by atoms with Crippen LogP contribution in [0.2, 0.25) is 0 Å². The largest absolute Gasteiger partial charge is 0.497 e. The molecule has 1 aliphatic heterocycles. The van der Waals surface area contributed by atoms with E-state index in [0.717, 1.165) is 49.9 Å². The number of methoxy groups -OCH3 is 1. The number of aromatic nitrogens is 1. The summed E-state index contributed by atoms with van der Waals surface area (Å²) < 4.78 is 5.17. The van der Waals surface area contributed by atoms with Gasteiger partial charge in [0.1, 0.15) is 11.6 Å². The van der Waals surface area contributed by atoms with Gasteiger partial charge in [0.15, 0.2) is 0 Å². The summed E-state index contributed by atoms with van der Waals surface area (Å²) in [5.41, 5.74) is 2.10. The number of piperazine rings is 1. The number of rotatable bonds is 6. The van der Waals surface area contributed by atoms with E-state index >= 15 is 0 Å². The Morgan fingerprint density at radius 1 is 1.12 bits per heavy atom. The van der Waals surface area contributed by atoms with Crippen molar-refractivity contribution in [1.29, 1.82) is 0 Å². The number of aliphatic hydroxyl groups excluding tert-OH is 1. The van der Waals surface area contributed by atoms with E-state index < -0.39 is 0 Å². The van der Waals surface area contributed by atoms with Gasteiger partial charge in [-0.05, 0) is 35.4 Å². The Hall–Kier alpha value is -2.37. The van der Waals surface area contributed by atoms with E-state index in [1.165, 1.54) is 5.56 Å². The zero-order valence-electron chi connectivity index (χ0n) is 14.6. The molecule has 0 aliphatic carbocycles. The Bertz CT molecular complexity index is 692. The molecule has 2 heterocycles. The molecule has 0 unspecified atom stereocenters. The summed E-state index contributed by atoms with van der Waals surface area (Å²) in [6, 6.07) is 11.9. The second kappa shape index (κ2) is 8.65. The van der Waals surface area contributed by atoms with Gasteiger partial charge in [-0.25, -0.2) is 4.98 Å². The first kappa shape index (κ1) is 17.5. The first-order valence-corrected chi connectivity index (χ1v) is 8.62. The number of nitrogens with zero attached hydrogens (tertiary/aromatic N) is 3. The maximum absolute atomic E-state index is 9.25. The number of benzene rings is 1. The Morgan fingerprint density at radius 3 is 2.56 bits per heavy atom. The van der Waals surface area contributed by atoms with Gasteiger partial charge in [-0.3, -0.25) is 4.90 Å². The zero-order chi connectivity index (χ0) is 17.5. The highest BCUT2D eigenvalue weighted by Crippen LogP contribution is 2.16. The highest BCUT2D eigenvalue weighted by molar-refractivity contribution is 5.50. The molecule has 0 radical (unpaired) electrons. The van der Waals surface area contributed by atoms with Gasteiger partial charge in [-0.2, -0.15) is 0 Å². The van der Waals surface area contributed by atoms with Crippen molar-refractivity contribution < 1.29 is 9.84 Å². The monoisotopic (exact) mass is 339 g/mol. The second-order valence-electron chi connectivity index (χ2n) is 6.14. The SMILES string of the molecule is COc1ccc(/C=C/CN2CCN(c3cc(CO)ccn3)CC2)cc1. The third kappa shape index (κ3) is 4.81. The lowest BCUT2D eigenvalue weighted by Crippen LogP contribution is -2.46. The Kier molecular flexibility index (Phi) is 6.04. The first-order valence-electron chi connectivity index (χ1n) is 8.62. The third-order valence-corrected chi connectivity index (χ3v) is 4.48. The minimum absolute atomic E-state index is 0.0612. The fourth-order valence-corrected chi connectivity index (χ4v) is 2.94. The lowest BCUT2D eigenvalue weighted by molar-refractivity contribution is 0.280. The molecule has 0 spiro atoms. The van der Waals surface area contributed by atoms with Crippen LogP contribution >= 0.6 is 0 Å². The van der Waals surface area contributed by atoms with E-state index in [0.29, 0.717) is 0 Å². The summed E-state index contributed by atoms with van der Waals surface area (Å²) in [6.45, 7) is 4.95. The number of anilines is 1. The van der Waals surface area contributed by atoms with Crippen molar-refractivity contribution in [3.05, 3.63) is 59.8 Å². The van der Waals surface area contributed by atoms with Gasteiger partial charge in [0.25, 0.3) is 0 Å². The molecule has 132 valence electrons. The highest BCUT2D eigenvalue weighted by atomic mass is 16.5. The molecule has 1 saturated heterocycles. The van der Waals surface area contributed by atoms with Gasteiger partial charge in [0.05, 0.1) is 13.7 Å². The number of ether oxygens (including phenoxy) is 1. The van der Waals surface area contributed by atoms with E-state index in [2.05, 4.69) is 39.1 Å². The second-order valence-corrected chi connectivity index (χ2v) is 6.14. The van der Waals surface area contributed by atoms with Crippen LogP contribution in [0.1, 0.15) is 11.1 Å². The predicted molar refractivity (Wildman–Crippen MR) is 101 cm³/mol. The molecule has 5 nitrogen and oxygen atoms in total. The molecule has 5 heteroatoms. The van der Waals surface area contributed by atoms with Gasteiger partial charge >= 0.3 is 0 Å². The average Bonchev–Trinajstić information content (AvgIpc) is 2.69. The van der Waals surface area contributed by atoms with Crippen molar-refractivity contribution in [1.82, 2.24) is 9.88 Å². The fraction of sp³-hybridized carbons (Fsp3) is 0.350. The standard InChI is InChI=1S/C20H25N3O2/c1-25-19-6-4-17(5-7-19)3-2-10-22-11-13-23(14-12-22)20-15-18(16-24)8-9-21-20/h2-9,15,24H,10-14,16H2,1H3/b3-2+. The molecular formula is C20H25N3O2. The summed E-state index contributed by atoms with van der Waals surface area (Å²) in [5.74, 6) is 1.84. The summed E-state index contributed by atoms with van der Waals surface area (Å²) >= 11 is 0. The van der Waals surface area contributed by atoms with E-state index in [1.807, 2.05) is 24.3 Å². The van der Waals surface area contributed by atoms with Crippen LogP contribution in [0.4, 0.5) is 5.82 Å². The van der Waals surface area contributed by atoms with E-state index in [-0.39, 0.29) is 6.61 Å². The van der Waals surface area contributed by atoms with Crippen LogP contribution < -0.4 is 9.64 Å². The molecule has 0 bridgehead atoms. The number of aliphatic hydroxyl groups is 1. The topological polar surface area (TPSA) is 48.8 Å². The normalized spacial score (nSPS) is 15.7. The minimum atomic E-state index is 0.0612. The molecule has 1 aromatic carbocycles. The smallest absolute Gasteiger partial charge is 0.128 e. The van der Waals surface area contributed by atoms with Crippen LogP contribution in [0.15, 0.2) is 48.7 Å². The predicted octanol–water partition coefficient (Wildman–Crippen LogP) is 2.42. The molecule has 0 amide bonds. The summed E-state index contributed by atoms with van der Waals surface area (Å²) in [7, 11) is 1.68. The Morgan fingerprint density at radius 2 is 1.88 bits per heavy atom. The number of pyridine rings is 1. The molecule has 1 aromatic heterocycles. The fourth-order valence-electron chi connectivity index (χ4n) is 2.94. The zero-order valence-corrected chi connectivity index (χ0v) is 14.6. The molecule has 0 saturated carbocycles. The molecule has 1 aliphatic rings. The van der Waals surface area contributed by atoms with Crippen molar-refractivity contribution in [3.8, 4) is 5.75 Å². The lowest BCUT2D eigenvalue weighted by Gasteiger charge is -2.35. The Labute approximate surface area is 149 Å². The van der Waals surface area contributed by atoms with E-state index in [4.69, 9.17) is 4.74 Å². The van der Waals surface area contributed by atoms with Gasteiger partial charge < -0.3 is 14.7 Å². The Balaban J connectivity index is 1.48. The van der Waals surface area contributed by atoms with Crippen molar-refractivity contribution in [2.45, 2.75) is 6.61 Å². The van der Waals surface area contributed by atoms with Gasteiger partial charge in [0.2, 0.25) is 0 Å². The van der Waals surface area contributed by atoms with Crippen LogP contribution in [0.5, 0.6) is 5.75 Å². The summed E-state index contributed by atoms with van der Waals surface area (Å²) in [6.07, 6.45) is 6.13. The van der Waals surface area contributed by atoms with Crippen molar-refractivity contribution in [2.75, 3.05) is 44.7 Å². The molecule has 1 N–H and O–H groups in total. The van der Waals surface area contributed by atoms with Gasteiger partial charge in [-0.15, -0.1) is 0 Å².